The lowest BCUT2D eigenvalue weighted by Gasteiger charge is -2.11. The third-order valence-electron chi connectivity index (χ3n) is 3.67. The number of benzene rings is 2. The van der Waals surface area contributed by atoms with Crippen molar-refractivity contribution in [2.75, 3.05) is 0 Å². The van der Waals surface area contributed by atoms with Crippen molar-refractivity contribution < 1.29 is 4.79 Å². The second kappa shape index (κ2) is 4.51. The highest BCUT2D eigenvalue weighted by Gasteiger charge is 2.16. The van der Waals surface area contributed by atoms with Crippen molar-refractivity contribution in [2.45, 2.75) is 20.3 Å². The molecule has 1 aliphatic rings. The first-order valence-corrected chi connectivity index (χ1v) is 6.57. The van der Waals surface area contributed by atoms with E-state index in [4.69, 9.17) is 0 Å². The molecule has 1 nitrogen and oxygen atoms in total. The molecule has 0 heterocycles. The minimum atomic E-state index is 0.136. The van der Waals surface area contributed by atoms with Crippen LogP contribution in [0.4, 0.5) is 0 Å². The van der Waals surface area contributed by atoms with Crippen molar-refractivity contribution in [1.82, 2.24) is 0 Å². The zero-order valence-corrected chi connectivity index (χ0v) is 11.2. The van der Waals surface area contributed by atoms with Crippen molar-refractivity contribution in [1.29, 1.82) is 0 Å². The Labute approximate surface area is 113 Å². The van der Waals surface area contributed by atoms with Crippen molar-refractivity contribution in [3.63, 3.8) is 0 Å². The second-order valence-corrected chi connectivity index (χ2v) is 5.09. The third-order valence-corrected chi connectivity index (χ3v) is 3.67. The number of allylic oxidation sites excluding steroid dienone is 4. The Balaban J connectivity index is 2.28. The van der Waals surface area contributed by atoms with Crippen LogP contribution in [0.2, 0.25) is 0 Å². The van der Waals surface area contributed by atoms with Crippen LogP contribution < -0.4 is 0 Å². The molecular formula is C18H16O. The monoisotopic (exact) mass is 248 g/mol. The maximum atomic E-state index is 12.1. The van der Waals surface area contributed by atoms with Gasteiger partial charge in [-0.1, -0.05) is 54.1 Å². The van der Waals surface area contributed by atoms with Crippen LogP contribution in [0.15, 0.2) is 54.1 Å². The molecule has 0 saturated heterocycles. The molecule has 0 radical (unpaired) electrons. The summed E-state index contributed by atoms with van der Waals surface area (Å²) in [6.07, 6.45) is 5.30. The summed E-state index contributed by atoms with van der Waals surface area (Å²) in [6.45, 7) is 3.75. The molecule has 0 saturated carbocycles. The molecule has 0 fully saturated rings. The van der Waals surface area contributed by atoms with E-state index in [1.807, 2.05) is 18.2 Å². The molecule has 0 spiro atoms. The molecule has 0 aromatic heterocycles. The van der Waals surface area contributed by atoms with Crippen LogP contribution >= 0.6 is 0 Å². The van der Waals surface area contributed by atoms with Gasteiger partial charge in [-0.2, -0.15) is 0 Å². The lowest BCUT2D eigenvalue weighted by Crippen LogP contribution is -2.00. The van der Waals surface area contributed by atoms with E-state index in [1.165, 1.54) is 11.1 Å². The summed E-state index contributed by atoms with van der Waals surface area (Å²) in [5, 5.41) is 2.18. The molecule has 0 N–H and O–H groups in total. The van der Waals surface area contributed by atoms with Crippen LogP contribution in [0, 0.1) is 0 Å². The van der Waals surface area contributed by atoms with Crippen LogP contribution in [0.5, 0.6) is 0 Å². The van der Waals surface area contributed by atoms with Crippen LogP contribution in [0.3, 0.4) is 0 Å². The van der Waals surface area contributed by atoms with Gasteiger partial charge < -0.3 is 0 Å². The fraction of sp³-hybridized carbons (Fsp3) is 0.167. The zero-order chi connectivity index (χ0) is 13.4. The van der Waals surface area contributed by atoms with E-state index in [0.29, 0.717) is 0 Å². The maximum absolute atomic E-state index is 12.1. The van der Waals surface area contributed by atoms with Gasteiger partial charge in [0.15, 0.2) is 5.78 Å². The average Bonchev–Trinajstić information content (AvgIpc) is 2.83. The van der Waals surface area contributed by atoms with Crippen molar-refractivity contribution in [3.8, 4) is 0 Å². The molecule has 0 bridgehead atoms. The topological polar surface area (TPSA) is 17.1 Å². The summed E-state index contributed by atoms with van der Waals surface area (Å²) in [5.41, 5.74) is 4.46. The third kappa shape index (κ3) is 2.01. The molecule has 0 aliphatic heterocycles. The number of fused-ring (bicyclic) bond motifs is 1. The average molecular weight is 248 g/mol. The van der Waals surface area contributed by atoms with Gasteiger partial charge in [0.05, 0.1) is 0 Å². The Morgan fingerprint density at radius 3 is 2.58 bits per heavy atom. The van der Waals surface area contributed by atoms with Gasteiger partial charge in [-0.25, -0.2) is 0 Å². The van der Waals surface area contributed by atoms with Gasteiger partial charge in [-0.3, -0.25) is 4.79 Å². The van der Waals surface area contributed by atoms with E-state index >= 15 is 0 Å². The molecule has 1 heteroatoms. The van der Waals surface area contributed by atoms with Crippen LogP contribution in [0.25, 0.3) is 16.3 Å². The number of ketones is 1. The molecule has 0 amide bonds. The number of carbonyl (C=O) groups excluding carboxylic acids is 1. The Bertz CT molecular complexity index is 732. The van der Waals surface area contributed by atoms with Crippen LogP contribution in [-0.2, 0) is 0 Å². The normalized spacial score (nSPS) is 14.4. The number of Topliss-reactive ketones (excluding diaryl/α,β-unsaturated/α-hetero) is 1. The SMILES string of the molecule is CC(=O)c1c(C2=CC(C)=CC2)ccc2ccccc12. The molecule has 0 unspecified atom stereocenters. The van der Waals surface area contributed by atoms with Crippen molar-refractivity contribution in [3.05, 3.63) is 65.3 Å². The van der Waals surface area contributed by atoms with Gasteiger partial charge in [0.25, 0.3) is 0 Å². The standard InChI is InChI=1S/C18H16O/c1-12-7-8-15(11-12)17-10-9-14-5-3-4-6-16(14)18(17)13(2)19/h3-7,9-11H,8H2,1-2H3. The Hall–Kier alpha value is -2.15. The Kier molecular flexibility index (Phi) is 2.83. The minimum absolute atomic E-state index is 0.136. The summed E-state index contributed by atoms with van der Waals surface area (Å²) in [4.78, 5) is 12.1. The molecule has 94 valence electrons. The van der Waals surface area contributed by atoms with Gasteiger partial charge >= 0.3 is 0 Å². The number of carbonyl (C=O) groups is 1. The lowest BCUT2D eigenvalue weighted by molar-refractivity contribution is 0.101. The molecule has 2 aromatic carbocycles. The minimum Gasteiger partial charge on any atom is -0.294 e. The fourth-order valence-electron chi connectivity index (χ4n) is 2.77. The van der Waals surface area contributed by atoms with E-state index < -0.39 is 0 Å². The van der Waals surface area contributed by atoms with Gasteiger partial charge in [0.1, 0.15) is 0 Å². The molecular weight excluding hydrogens is 232 g/mol. The molecule has 0 atom stereocenters. The number of hydrogen-bond acceptors (Lipinski definition) is 1. The fourth-order valence-corrected chi connectivity index (χ4v) is 2.77. The number of rotatable bonds is 2. The predicted octanol–water partition coefficient (Wildman–Crippen LogP) is 4.78. The van der Waals surface area contributed by atoms with Gasteiger partial charge in [-0.05, 0) is 42.2 Å². The van der Waals surface area contributed by atoms with Crippen LogP contribution in [-0.4, -0.2) is 5.78 Å². The van der Waals surface area contributed by atoms with Crippen molar-refractivity contribution >= 4 is 22.1 Å². The van der Waals surface area contributed by atoms with Gasteiger partial charge in [0.2, 0.25) is 0 Å². The highest BCUT2D eigenvalue weighted by Crippen LogP contribution is 2.33. The Morgan fingerprint density at radius 2 is 1.89 bits per heavy atom. The Morgan fingerprint density at radius 1 is 1.11 bits per heavy atom. The van der Waals surface area contributed by atoms with Crippen molar-refractivity contribution in [2.24, 2.45) is 0 Å². The van der Waals surface area contributed by atoms with E-state index in [1.54, 1.807) is 6.92 Å². The van der Waals surface area contributed by atoms with E-state index in [2.05, 4.69) is 37.3 Å². The van der Waals surface area contributed by atoms with Crippen LogP contribution in [0.1, 0.15) is 36.2 Å². The molecule has 1 aliphatic carbocycles. The summed E-state index contributed by atoms with van der Waals surface area (Å²) >= 11 is 0. The summed E-state index contributed by atoms with van der Waals surface area (Å²) in [7, 11) is 0. The first-order valence-electron chi connectivity index (χ1n) is 6.57. The largest absolute Gasteiger partial charge is 0.294 e. The van der Waals surface area contributed by atoms with E-state index in [9.17, 15) is 4.79 Å². The highest BCUT2D eigenvalue weighted by molar-refractivity contribution is 6.11. The highest BCUT2D eigenvalue weighted by atomic mass is 16.1. The zero-order valence-electron chi connectivity index (χ0n) is 11.2. The first kappa shape index (κ1) is 11.9. The molecule has 2 aromatic rings. The van der Waals surface area contributed by atoms with E-state index in [0.717, 1.165) is 28.3 Å². The quantitative estimate of drug-likeness (QED) is 0.699. The molecule has 3 rings (SSSR count). The van der Waals surface area contributed by atoms with Gasteiger partial charge in [0, 0.05) is 5.56 Å². The van der Waals surface area contributed by atoms with Gasteiger partial charge in [-0.15, -0.1) is 0 Å². The summed E-state index contributed by atoms with van der Waals surface area (Å²) < 4.78 is 0. The summed E-state index contributed by atoms with van der Waals surface area (Å²) in [5.74, 6) is 0.136. The maximum Gasteiger partial charge on any atom is 0.161 e. The lowest BCUT2D eigenvalue weighted by atomic mass is 9.91. The summed E-state index contributed by atoms with van der Waals surface area (Å²) in [6, 6.07) is 12.3. The number of hydrogen-bond donors (Lipinski definition) is 0. The van der Waals surface area contributed by atoms with E-state index in [-0.39, 0.29) is 5.78 Å². The predicted molar refractivity (Wildman–Crippen MR) is 80.3 cm³/mol. The molecule has 19 heavy (non-hydrogen) atoms. The first-order chi connectivity index (χ1) is 9.16. The smallest absolute Gasteiger partial charge is 0.161 e. The second-order valence-electron chi connectivity index (χ2n) is 5.09.